The van der Waals surface area contributed by atoms with E-state index >= 15 is 0 Å². The molecule has 1 heterocycles. The number of carbonyl (C=O) groups excluding carboxylic acids is 2. The van der Waals surface area contributed by atoms with E-state index in [1.165, 1.54) is 11.0 Å². The quantitative estimate of drug-likeness (QED) is 0.595. The minimum atomic E-state index is -0.246. The van der Waals surface area contributed by atoms with Crippen molar-refractivity contribution < 1.29 is 14.3 Å². The molecule has 1 aliphatic rings. The van der Waals surface area contributed by atoms with Gasteiger partial charge in [-0.1, -0.05) is 18.4 Å². The van der Waals surface area contributed by atoms with Crippen LogP contribution in [-0.2, 0) is 14.3 Å². The second-order valence-electron chi connectivity index (χ2n) is 4.51. The lowest BCUT2D eigenvalue weighted by atomic mass is 10.1. The van der Waals surface area contributed by atoms with Crippen LogP contribution in [-0.4, -0.2) is 49.1 Å². The van der Waals surface area contributed by atoms with Crippen LogP contribution >= 0.6 is 0 Å². The van der Waals surface area contributed by atoms with Gasteiger partial charge in [-0.25, -0.2) is 0 Å². The molecule has 1 aliphatic heterocycles. The number of hydrogen-bond acceptors (Lipinski definition) is 3. The van der Waals surface area contributed by atoms with E-state index in [2.05, 4.69) is 23.7 Å². The summed E-state index contributed by atoms with van der Waals surface area (Å²) in [6, 6.07) is 0. The standard InChI is InChI=1S/C15H22N2O3/c1-3-15(19)17(4-2)12-14(18)16-10-7-9-13-8-5-6-11-20-13/h3,13H,1,4-6,8,10-12H2,2H3,(H,16,18). The third kappa shape index (κ3) is 5.89. The van der Waals surface area contributed by atoms with Gasteiger partial charge in [-0.05, 0) is 32.3 Å². The molecule has 0 aliphatic carbocycles. The smallest absolute Gasteiger partial charge is 0.246 e. The molecule has 5 nitrogen and oxygen atoms in total. The summed E-state index contributed by atoms with van der Waals surface area (Å²) in [5.41, 5.74) is 0. The Kier molecular flexibility index (Phi) is 7.44. The number of nitrogens with zero attached hydrogens (tertiary/aromatic N) is 1. The van der Waals surface area contributed by atoms with Crippen LogP contribution in [0.5, 0.6) is 0 Å². The molecular weight excluding hydrogens is 256 g/mol. The first-order valence-electron chi connectivity index (χ1n) is 6.95. The van der Waals surface area contributed by atoms with Gasteiger partial charge in [0.25, 0.3) is 0 Å². The Bertz CT molecular complexity index is 403. The van der Waals surface area contributed by atoms with Crippen molar-refractivity contribution in [3.05, 3.63) is 12.7 Å². The maximum absolute atomic E-state index is 11.6. The number of likely N-dealkylation sites (N-methyl/N-ethyl adjacent to an activating group) is 1. The Hall–Kier alpha value is -1.80. The molecular formula is C15H22N2O3. The van der Waals surface area contributed by atoms with E-state index in [1.54, 1.807) is 0 Å². The lowest BCUT2D eigenvalue weighted by Gasteiger charge is -2.18. The van der Waals surface area contributed by atoms with E-state index in [1.807, 2.05) is 6.92 Å². The van der Waals surface area contributed by atoms with E-state index in [-0.39, 0.29) is 31.0 Å². The molecule has 20 heavy (non-hydrogen) atoms. The average molecular weight is 278 g/mol. The lowest BCUT2D eigenvalue weighted by Crippen LogP contribution is -2.40. The van der Waals surface area contributed by atoms with Crippen LogP contribution < -0.4 is 5.32 Å². The summed E-state index contributed by atoms with van der Waals surface area (Å²) in [6.45, 7) is 6.76. The first kappa shape index (κ1) is 16.3. The molecule has 0 saturated carbocycles. The van der Waals surface area contributed by atoms with Crippen molar-refractivity contribution in [3.8, 4) is 11.8 Å². The SMILES string of the molecule is C=CC(=O)N(CC)CC(=O)NCC#CC1CCCCO1. The molecule has 110 valence electrons. The molecule has 5 heteroatoms. The van der Waals surface area contributed by atoms with Gasteiger partial charge >= 0.3 is 0 Å². The van der Waals surface area contributed by atoms with Crippen LogP contribution in [0.4, 0.5) is 0 Å². The van der Waals surface area contributed by atoms with Gasteiger partial charge in [0.2, 0.25) is 11.8 Å². The van der Waals surface area contributed by atoms with Gasteiger partial charge in [0, 0.05) is 13.2 Å². The molecule has 1 atom stereocenters. The highest BCUT2D eigenvalue weighted by molar-refractivity contribution is 5.90. The molecule has 0 bridgehead atoms. The average Bonchev–Trinajstić information content (AvgIpc) is 2.49. The number of rotatable bonds is 5. The summed E-state index contributed by atoms with van der Waals surface area (Å²) < 4.78 is 5.46. The minimum absolute atomic E-state index is 0.00450. The second kappa shape index (κ2) is 9.16. The predicted octanol–water partition coefficient (Wildman–Crippen LogP) is 0.710. The van der Waals surface area contributed by atoms with Crippen LogP contribution in [0.25, 0.3) is 0 Å². The second-order valence-corrected chi connectivity index (χ2v) is 4.51. The molecule has 1 saturated heterocycles. The maximum Gasteiger partial charge on any atom is 0.246 e. The van der Waals surface area contributed by atoms with Gasteiger partial charge < -0.3 is 15.0 Å². The van der Waals surface area contributed by atoms with E-state index < -0.39 is 0 Å². The number of ether oxygens (including phenoxy) is 1. The van der Waals surface area contributed by atoms with Crippen molar-refractivity contribution in [2.75, 3.05) is 26.2 Å². The van der Waals surface area contributed by atoms with Gasteiger partial charge in [0.1, 0.15) is 6.10 Å². The van der Waals surface area contributed by atoms with Crippen LogP contribution in [0.2, 0.25) is 0 Å². The van der Waals surface area contributed by atoms with Crippen LogP contribution in [0.1, 0.15) is 26.2 Å². The van der Waals surface area contributed by atoms with E-state index in [0.29, 0.717) is 6.54 Å². The fraction of sp³-hybridized carbons (Fsp3) is 0.600. The first-order valence-corrected chi connectivity index (χ1v) is 6.95. The number of amides is 2. The minimum Gasteiger partial charge on any atom is -0.366 e. The molecule has 2 amide bonds. The summed E-state index contributed by atoms with van der Waals surface area (Å²) in [4.78, 5) is 24.5. The summed E-state index contributed by atoms with van der Waals surface area (Å²) in [5, 5.41) is 2.67. The van der Waals surface area contributed by atoms with E-state index in [0.717, 1.165) is 25.9 Å². The van der Waals surface area contributed by atoms with Crippen molar-refractivity contribution >= 4 is 11.8 Å². The zero-order valence-electron chi connectivity index (χ0n) is 12.0. The molecule has 1 unspecified atom stereocenters. The summed E-state index contributed by atoms with van der Waals surface area (Å²) >= 11 is 0. The van der Waals surface area contributed by atoms with Gasteiger partial charge in [-0.3, -0.25) is 9.59 Å². The third-order valence-electron chi connectivity index (χ3n) is 3.02. The Labute approximate surface area is 120 Å². The highest BCUT2D eigenvalue weighted by Gasteiger charge is 2.12. The fourth-order valence-corrected chi connectivity index (χ4v) is 1.87. The Morgan fingerprint density at radius 2 is 2.30 bits per heavy atom. The Morgan fingerprint density at radius 1 is 1.50 bits per heavy atom. The topological polar surface area (TPSA) is 58.6 Å². The van der Waals surface area contributed by atoms with Gasteiger partial charge in [-0.15, -0.1) is 0 Å². The summed E-state index contributed by atoms with van der Waals surface area (Å²) in [5.74, 6) is 5.42. The molecule has 1 N–H and O–H groups in total. The largest absolute Gasteiger partial charge is 0.366 e. The molecule has 1 rings (SSSR count). The molecule has 1 fully saturated rings. The molecule has 0 aromatic rings. The molecule has 0 radical (unpaired) electrons. The number of nitrogens with one attached hydrogen (secondary N) is 1. The fourth-order valence-electron chi connectivity index (χ4n) is 1.87. The van der Waals surface area contributed by atoms with Crippen molar-refractivity contribution in [1.29, 1.82) is 0 Å². The number of hydrogen-bond donors (Lipinski definition) is 1. The maximum atomic E-state index is 11.6. The van der Waals surface area contributed by atoms with Crippen LogP contribution in [0.15, 0.2) is 12.7 Å². The summed E-state index contributed by atoms with van der Waals surface area (Å²) in [7, 11) is 0. The van der Waals surface area contributed by atoms with Crippen molar-refractivity contribution in [3.63, 3.8) is 0 Å². The van der Waals surface area contributed by atoms with Gasteiger partial charge in [-0.2, -0.15) is 0 Å². The highest BCUT2D eigenvalue weighted by Crippen LogP contribution is 2.11. The molecule has 0 spiro atoms. The van der Waals surface area contributed by atoms with Gasteiger partial charge in [0.15, 0.2) is 0 Å². The summed E-state index contributed by atoms with van der Waals surface area (Å²) in [6.07, 6.45) is 4.39. The highest BCUT2D eigenvalue weighted by atomic mass is 16.5. The van der Waals surface area contributed by atoms with E-state index in [9.17, 15) is 9.59 Å². The van der Waals surface area contributed by atoms with Crippen LogP contribution in [0.3, 0.4) is 0 Å². The monoisotopic (exact) mass is 278 g/mol. The molecule has 0 aromatic heterocycles. The van der Waals surface area contributed by atoms with Crippen molar-refractivity contribution in [1.82, 2.24) is 10.2 Å². The zero-order chi connectivity index (χ0) is 14.8. The normalized spacial score (nSPS) is 17.6. The van der Waals surface area contributed by atoms with Gasteiger partial charge in [0.05, 0.1) is 13.1 Å². The number of carbonyl (C=O) groups is 2. The van der Waals surface area contributed by atoms with Crippen molar-refractivity contribution in [2.45, 2.75) is 32.3 Å². The van der Waals surface area contributed by atoms with Crippen LogP contribution in [0, 0.1) is 11.8 Å². The Morgan fingerprint density at radius 3 is 2.90 bits per heavy atom. The predicted molar refractivity (Wildman–Crippen MR) is 76.8 cm³/mol. The Balaban J connectivity index is 2.27. The first-order chi connectivity index (χ1) is 9.67. The lowest BCUT2D eigenvalue weighted by molar-refractivity contribution is -0.132. The van der Waals surface area contributed by atoms with Crippen molar-refractivity contribution in [2.24, 2.45) is 0 Å². The molecule has 0 aromatic carbocycles. The van der Waals surface area contributed by atoms with E-state index in [4.69, 9.17) is 4.74 Å². The zero-order valence-corrected chi connectivity index (χ0v) is 12.0. The third-order valence-corrected chi connectivity index (χ3v) is 3.02.